The van der Waals surface area contributed by atoms with Gasteiger partial charge in [-0.3, -0.25) is 0 Å². The fourth-order valence-electron chi connectivity index (χ4n) is 2.50. The van der Waals surface area contributed by atoms with Crippen LogP contribution < -0.4 is 15.4 Å². The minimum atomic E-state index is -4.68. The quantitative estimate of drug-likeness (QED) is 0.430. The van der Waals surface area contributed by atoms with Gasteiger partial charge < -0.3 is 15.4 Å². The second-order valence-electron chi connectivity index (χ2n) is 6.15. The van der Waals surface area contributed by atoms with Crippen LogP contribution in [0.5, 0.6) is 11.5 Å². The number of carbonyl (C=O) groups excluding carboxylic acids is 1. The number of ether oxygens (including phenoxy) is 1. The summed E-state index contributed by atoms with van der Waals surface area (Å²) in [4.78, 5) is 12.2. The smallest absolute Gasteiger partial charge is 0.417 e. The number of urea groups is 1. The first-order valence-electron chi connectivity index (χ1n) is 8.58. The van der Waals surface area contributed by atoms with Crippen LogP contribution in [0.3, 0.4) is 0 Å². The van der Waals surface area contributed by atoms with Crippen LogP contribution >= 0.6 is 11.6 Å². The average Bonchev–Trinajstić information content (AvgIpc) is 2.71. The van der Waals surface area contributed by atoms with E-state index in [2.05, 4.69) is 10.6 Å². The van der Waals surface area contributed by atoms with Crippen molar-refractivity contribution in [2.45, 2.75) is 6.18 Å². The van der Waals surface area contributed by atoms with E-state index in [9.17, 15) is 22.4 Å². The van der Waals surface area contributed by atoms with Crippen LogP contribution in [0.25, 0.3) is 0 Å². The number of rotatable bonds is 4. The summed E-state index contributed by atoms with van der Waals surface area (Å²) in [6.07, 6.45) is -4.68. The number of amides is 2. The van der Waals surface area contributed by atoms with E-state index in [1.165, 1.54) is 42.5 Å². The Morgan fingerprint density at radius 1 is 0.968 bits per heavy atom. The molecular formula is C21H12ClF4N3O2. The zero-order valence-electron chi connectivity index (χ0n) is 15.4. The maximum Gasteiger partial charge on any atom is 0.417 e. The number of benzene rings is 3. The van der Waals surface area contributed by atoms with Gasteiger partial charge in [-0.1, -0.05) is 11.6 Å². The molecule has 0 heterocycles. The summed E-state index contributed by atoms with van der Waals surface area (Å²) in [6, 6.07) is 13.5. The van der Waals surface area contributed by atoms with Crippen LogP contribution in [0.1, 0.15) is 11.1 Å². The molecular weight excluding hydrogens is 438 g/mol. The molecule has 10 heteroatoms. The standard InChI is InChI=1S/C21H12ClF4N3O2/c22-17-7-3-13(9-16(17)21(24,25)26)28-20(30)29-14-4-8-18(23)19(10-14)31-15-5-1-12(11-27)2-6-15/h1-10H,(H2,28,29,30). The summed E-state index contributed by atoms with van der Waals surface area (Å²) in [5.74, 6) is -0.642. The van der Waals surface area contributed by atoms with Crippen LogP contribution in [-0.4, -0.2) is 6.03 Å². The Balaban J connectivity index is 1.72. The molecule has 158 valence electrons. The van der Waals surface area contributed by atoms with E-state index in [0.717, 1.165) is 12.1 Å². The lowest BCUT2D eigenvalue weighted by Crippen LogP contribution is -2.20. The molecule has 0 saturated heterocycles. The molecule has 3 aromatic rings. The highest BCUT2D eigenvalue weighted by atomic mass is 35.5. The molecule has 0 aliphatic heterocycles. The Morgan fingerprint density at radius 2 is 1.58 bits per heavy atom. The topological polar surface area (TPSA) is 74.1 Å². The Hall–Kier alpha value is -3.77. The molecule has 0 aliphatic rings. The molecule has 0 atom stereocenters. The maximum atomic E-state index is 14.1. The molecule has 2 N–H and O–H groups in total. The summed E-state index contributed by atoms with van der Waals surface area (Å²) in [5.41, 5.74) is -0.694. The molecule has 2 amide bonds. The van der Waals surface area contributed by atoms with E-state index >= 15 is 0 Å². The van der Waals surface area contributed by atoms with Crippen molar-refractivity contribution >= 4 is 29.0 Å². The lowest BCUT2D eigenvalue weighted by molar-refractivity contribution is -0.137. The van der Waals surface area contributed by atoms with Crippen molar-refractivity contribution in [1.82, 2.24) is 0 Å². The SMILES string of the molecule is N#Cc1ccc(Oc2cc(NC(=O)Nc3ccc(Cl)c(C(F)(F)F)c3)ccc2F)cc1. The Bertz CT molecular complexity index is 1160. The van der Waals surface area contributed by atoms with Gasteiger partial charge in [0.15, 0.2) is 11.6 Å². The zero-order chi connectivity index (χ0) is 22.6. The van der Waals surface area contributed by atoms with Gasteiger partial charge in [-0.15, -0.1) is 0 Å². The molecule has 0 aromatic heterocycles. The van der Waals surface area contributed by atoms with E-state index in [1.807, 2.05) is 6.07 Å². The van der Waals surface area contributed by atoms with Crippen LogP contribution in [-0.2, 0) is 6.18 Å². The molecule has 0 aliphatic carbocycles. The number of anilines is 2. The summed E-state index contributed by atoms with van der Waals surface area (Å²) >= 11 is 5.55. The third-order valence-electron chi connectivity index (χ3n) is 3.93. The van der Waals surface area contributed by atoms with Gasteiger partial charge in [0, 0.05) is 17.4 Å². The van der Waals surface area contributed by atoms with Crippen molar-refractivity contribution in [3.05, 3.63) is 82.6 Å². The van der Waals surface area contributed by atoms with Crippen molar-refractivity contribution in [2.75, 3.05) is 10.6 Å². The average molecular weight is 450 g/mol. The minimum absolute atomic E-state index is 0.132. The van der Waals surface area contributed by atoms with Gasteiger partial charge in [-0.05, 0) is 54.6 Å². The Kier molecular flexibility index (Phi) is 6.32. The van der Waals surface area contributed by atoms with Crippen LogP contribution in [0.15, 0.2) is 60.7 Å². The van der Waals surface area contributed by atoms with Crippen molar-refractivity contribution in [1.29, 1.82) is 5.26 Å². The number of carbonyl (C=O) groups is 1. The fourth-order valence-corrected chi connectivity index (χ4v) is 2.72. The van der Waals surface area contributed by atoms with Crippen LogP contribution in [0.4, 0.5) is 33.7 Å². The summed E-state index contributed by atoms with van der Waals surface area (Å²) in [5, 5.41) is 12.9. The zero-order valence-corrected chi connectivity index (χ0v) is 16.2. The first kappa shape index (κ1) is 21.9. The van der Waals surface area contributed by atoms with Gasteiger partial charge in [0.25, 0.3) is 0 Å². The van der Waals surface area contributed by atoms with Gasteiger partial charge in [0.2, 0.25) is 0 Å². The molecule has 0 bridgehead atoms. The van der Waals surface area contributed by atoms with Gasteiger partial charge in [0.1, 0.15) is 5.75 Å². The number of halogens is 5. The van der Waals surface area contributed by atoms with Crippen molar-refractivity contribution in [3.8, 4) is 17.6 Å². The Labute approximate surface area is 178 Å². The van der Waals surface area contributed by atoms with E-state index in [4.69, 9.17) is 21.6 Å². The highest BCUT2D eigenvalue weighted by Gasteiger charge is 2.33. The molecule has 3 aromatic carbocycles. The predicted molar refractivity (Wildman–Crippen MR) is 107 cm³/mol. The number of hydrogen-bond acceptors (Lipinski definition) is 3. The van der Waals surface area contributed by atoms with Crippen LogP contribution in [0.2, 0.25) is 5.02 Å². The van der Waals surface area contributed by atoms with Crippen molar-refractivity contribution in [2.24, 2.45) is 0 Å². The van der Waals surface area contributed by atoms with Gasteiger partial charge in [0.05, 0.1) is 22.2 Å². The van der Waals surface area contributed by atoms with E-state index in [0.29, 0.717) is 11.6 Å². The molecule has 0 unspecified atom stereocenters. The third kappa shape index (κ3) is 5.65. The van der Waals surface area contributed by atoms with Crippen molar-refractivity contribution < 1.29 is 27.1 Å². The molecule has 0 spiro atoms. The molecule has 0 radical (unpaired) electrons. The molecule has 0 fully saturated rings. The number of hydrogen-bond donors (Lipinski definition) is 2. The summed E-state index contributed by atoms with van der Waals surface area (Å²) in [6.45, 7) is 0. The summed E-state index contributed by atoms with van der Waals surface area (Å²) in [7, 11) is 0. The second kappa shape index (κ2) is 8.93. The normalized spacial score (nSPS) is 10.8. The van der Waals surface area contributed by atoms with Gasteiger partial charge >= 0.3 is 12.2 Å². The highest BCUT2D eigenvalue weighted by Crippen LogP contribution is 2.36. The van der Waals surface area contributed by atoms with Crippen LogP contribution in [0, 0.1) is 17.1 Å². The minimum Gasteiger partial charge on any atom is -0.454 e. The number of nitrogens with zero attached hydrogens (tertiary/aromatic N) is 1. The molecule has 3 rings (SSSR count). The van der Waals surface area contributed by atoms with Gasteiger partial charge in [-0.25, -0.2) is 9.18 Å². The first-order valence-corrected chi connectivity index (χ1v) is 8.96. The highest BCUT2D eigenvalue weighted by molar-refractivity contribution is 6.31. The largest absolute Gasteiger partial charge is 0.454 e. The second-order valence-corrected chi connectivity index (χ2v) is 6.56. The molecule has 31 heavy (non-hydrogen) atoms. The number of alkyl halides is 3. The number of nitrogens with one attached hydrogen (secondary N) is 2. The number of nitriles is 1. The van der Waals surface area contributed by atoms with Gasteiger partial charge in [-0.2, -0.15) is 18.4 Å². The Morgan fingerprint density at radius 3 is 2.19 bits per heavy atom. The van der Waals surface area contributed by atoms with E-state index in [1.54, 1.807) is 0 Å². The van der Waals surface area contributed by atoms with Crippen molar-refractivity contribution in [3.63, 3.8) is 0 Å². The lowest BCUT2D eigenvalue weighted by Gasteiger charge is -2.13. The molecule has 0 saturated carbocycles. The molecule has 5 nitrogen and oxygen atoms in total. The summed E-state index contributed by atoms with van der Waals surface area (Å²) < 4.78 is 58.3. The predicted octanol–water partition coefficient (Wildman–Crippen LogP) is 6.81. The lowest BCUT2D eigenvalue weighted by atomic mass is 10.2. The van der Waals surface area contributed by atoms with E-state index < -0.39 is 28.6 Å². The fraction of sp³-hybridized carbons (Fsp3) is 0.0476. The third-order valence-corrected chi connectivity index (χ3v) is 4.26. The maximum absolute atomic E-state index is 14.1. The first-order chi connectivity index (χ1) is 14.7. The monoisotopic (exact) mass is 449 g/mol. The van der Waals surface area contributed by atoms with E-state index in [-0.39, 0.29) is 22.9 Å².